The first kappa shape index (κ1) is 21.1. The predicted octanol–water partition coefficient (Wildman–Crippen LogP) is 4.21. The Bertz CT molecular complexity index is 932. The lowest BCUT2D eigenvalue weighted by Gasteiger charge is -2.41. The Balaban J connectivity index is 1.59. The molecule has 158 valence electrons. The highest BCUT2D eigenvalue weighted by Crippen LogP contribution is 2.41. The summed E-state index contributed by atoms with van der Waals surface area (Å²) in [6, 6.07) is 9.59. The molecule has 1 atom stereocenters. The van der Waals surface area contributed by atoms with Gasteiger partial charge in [-0.2, -0.15) is 0 Å². The number of hydrogen-bond donors (Lipinski definition) is 1. The van der Waals surface area contributed by atoms with Crippen molar-refractivity contribution in [2.45, 2.75) is 50.4 Å². The monoisotopic (exact) mass is 447 g/mol. The minimum absolute atomic E-state index is 0.168. The van der Waals surface area contributed by atoms with Crippen molar-refractivity contribution < 1.29 is 14.3 Å². The van der Waals surface area contributed by atoms with Gasteiger partial charge < -0.3 is 10.1 Å². The summed E-state index contributed by atoms with van der Waals surface area (Å²) in [6.45, 7) is 0.457. The average Bonchev–Trinajstić information content (AvgIpc) is 3.13. The number of ether oxygens (including phenoxy) is 1. The van der Waals surface area contributed by atoms with Crippen LogP contribution in [0.4, 0.5) is 0 Å². The molecule has 0 bridgehead atoms. The van der Waals surface area contributed by atoms with Crippen LogP contribution in [0.25, 0.3) is 0 Å². The zero-order valence-corrected chi connectivity index (χ0v) is 18.0. The van der Waals surface area contributed by atoms with Crippen LogP contribution < -0.4 is 5.32 Å². The molecule has 2 aliphatic rings. The largest absolute Gasteiger partial charge is 0.353 e. The van der Waals surface area contributed by atoms with Gasteiger partial charge in [-0.15, -0.1) is 0 Å². The third-order valence-electron chi connectivity index (χ3n) is 5.75. The molecular formula is C22H23Cl2N3O3. The number of aromatic nitrogens is 1. The zero-order valence-electron chi connectivity index (χ0n) is 16.4. The van der Waals surface area contributed by atoms with Crippen molar-refractivity contribution in [2.24, 2.45) is 0 Å². The second-order valence-electron chi connectivity index (χ2n) is 7.68. The van der Waals surface area contributed by atoms with Gasteiger partial charge in [0.2, 0.25) is 5.91 Å². The number of rotatable bonds is 4. The van der Waals surface area contributed by atoms with Crippen LogP contribution in [-0.4, -0.2) is 40.1 Å². The maximum atomic E-state index is 13.5. The second kappa shape index (κ2) is 8.92. The molecular weight excluding hydrogens is 425 g/mol. The molecule has 1 aromatic heterocycles. The number of pyridine rings is 1. The van der Waals surface area contributed by atoms with Crippen LogP contribution in [0.5, 0.6) is 0 Å². The Kier molecular flexibility index (Phi) is 6.27. The Hall–Kier alpha value is -2.15. The number of halogens is 2. The fraction of sp³-hybridized carbons (Fsp3) is 0.409. The Labute approximate surface area is 185 Å². The number of nitrogens with zero attached hydrogens (tertiary/aromatic N) is 2. The van der Waals surface area contributed by atoms with Crippen LogP contribution in [-0.2, 0) is 16.1 Å². The van der Waals surface area contributed by atoms with Crippen molar-refractivity contribution in [1.29, 1.82) is 0 Å². The molecule has 2 fully saturated rings. The molecule has 2 amide bonds. The van der Waals surface area contributed by atoms with Crippen LogP contribution in [0, 0.1) is 0 Å². The lowest BCUT2D eigenvalue weighted by atomic mass is 9.89. The molecule has 30 heavy (non-hydrogen) atoms. The molecule has 8 heteroatoms. The molecule has 2 aromatic rings. The average molecular weight is 448 g/mol. The summed E-state index contributed by atoms with van der Waals surface area (Å²) < 4.78 is 6.15. The van der Waals surface area contributed by atoms with Crippen molar-refractivity contribution in [3.05, 3.63) is 63.9 Å². The summed E-state index contributed by atoms with van der Waals surface area (Å²) in [6.07, 6.45) is 6.10. The molecule has 1 aliphatic carbocycles. The maximum Gasteiger partial charge on any atom is 0.256 e. The molecule has 1 aromatic carbocycles. The molecule has 2 heterocycles. The van der Waals surface area contributed by atoms with Gasteiger partial charge in [0.05, 0.1) is 28.9 Å². The maximum absolute atomic E-state index is 13.5. The topological polar surface area (TPSA) is 71.5 Å². The van der Waals surface area contributed by atoms with E-state index in [1.165, 1.54) is 0 Å². The first-order chi connectivity index (χ1) is 14.5. The quantitative estimate of drug-likeness (QED) is 0.761. The van der Waals surface area contributed by atoms with E-state index in [0.717, 1.165) is 25.0 Å². The lowest BCUT2D eigenvalue weighted by molar-refractivity contribution is -0.127. The van der Waals surface area contributed by atoms with Gasteiger partial charge >= 0.3 is 0 Å². The number of hydrogen-bond acceptors (Lipinski definition) is 4. The van der Waals surface area contributed by atoms with Gasteiger partial charge in [-0.25, -0.2) is 0 Å². The van der Waals surface area contributed by atoms with Crippen LogP contribution in [0.3, 0.4) is 0 Å². The Morgan fingerprint density at radius 1 is 1.13 bits per heavy atom. The smallest absolute Gasteiger partial charge is 0.256 e. The number of benzene rings is 1. The van der Waals surface area contributed by atoms with Crippen molar-refractivity contribution in [3.8, 4) is 0 Å². The van der Waals surface area contributed by atoms with E-state index in [2.05, 4.69) is 10.3 Å². The minimum Gasteiger partial charge on any atom is -0.353 e. The Morgan fingerprint density at radius 2 is 1.93 bits per heavy atom. The summed E-state index contributed by atoms with van der Waals surface area (Å²) in [5.41, 5.74) is 0.385. The SMILES string of the molecule is O=C(NCc1ccccn1)[C@@H]1COC2(CCCCC2)N1C(=O)c1ccc(Cl)c(Cl)c1. The van der Waals surface area contributed by atoms with Gasteiger partial charge in [0.25, 0.3) is 5.91 Å². The first-order valence-corrected chi connectivity index (χ1v) is 10.9. The van der Waals surface area contributed by atoms with Crippen LogP contribution >= 0.6 is 23.2 Å². The molecule has 1 aliphatic heterocycles. The number of nitrogens with one attached hydrogen (secondary N) is 1. The van der Waals surface area contributed by atoms with E-state index in [-0.39, 0.29) is 25.0 Å². The number of amides is 2. The normalized spacial score (nSPS) is 20.3. The molecule has 6 nitrogen and oxygen atoms in total. The summed E-state index contributed by atoms with van der Waals surface area (Å²) >= 11 is 12.2. The Morgan fingerprint density at radius 3 is 2.63 bits per heavy atom. The highest BCUT2D eigenvalue weighted by Gasteiger charge is 2.52. The third kappa shape index (κ3) is 4.17. The number of carbonyl (C=O) groups is 2. The standard InChI is InChI=1S/C22H23Cl2N3O3/c23-17-8-7-15(12-18(17)24)21(29)27-19(14-30-22(27)9-3-1-4-10-22)20(28)26-13-16-6-2-5-11-25-16/h2,5-8,11-12,19H,1,3-4,9-10,13-14H2,(H,26,28)/t19-/m0/s1. The highest BCUT2D eigenvalue weighted by molar-refractivity contribution is 6.42. The van der Waals surface area contributed by atoms with E-state index in [0.29, 0.717) is 28.5 Å². The molecule has 0 radical (unpaired) electrons. The zero-order chi connectivity index (χ0) is 21.1. The molecule has 1 N–H and O–H groups in total. The van der Waals surface area contributed by atoms with Crippen molar-refractivity contribution in [3.63, 3.8) is 0 Å². The summed E-state index contributed by atoms with van der Waals surface area (Å²) in [5, 5.41) is 3.58. The van der Waals surface area contributed by atoms with Gasteiger partial charge in [0, 0.05) is 11.8 Å². The van der Waals surface area contributed by atoms with E-state index in [4.69, 9.17) is 27.9 Å². The van der Waals surface area contributed by atoms with Crippen molar-refractivity contribution >= 4 is 35.0 Å². The van der Waals surface area contributed by atoms with Crippen LogP contribution in [0.2, 0.25) is 10.0 Å². The van der Waals surface area contributed by atoms with Crippen molar-refractivity contribution in [1.82, 2.24) is 15.2 Å². The van der Waals surface area contributed by atoms with E-state index >= 15 is 0 Å². The molecule has 0 unspecified atom stereocenters. The first-order valence-electron chi connectivity index (χ1n) is 10.1. The number of carbonyl (C=O) groups excluding carboxylic acids is 2. The van der Waals surface area contributed by atoms with E-state index in [1.807, 2.05) is 18.2 Å². The van der Waals surface area contributed by atoms with E-state index in [1.54, 1.807) is 29.3 Å². The fourth-order valence-electron chi connectivity index (χ4n) is 4.24. The van der Waals surface area contributed by atoms with Gasteiger partial charge in [0.1, 0.15) is 11.8 Å². The summed E-state index contributed by atoms with van der Waals surface area (Å²) in [4.78, 5) is 32.4. The van der Waals surface area contributed by atoms with Crippen LogP contribution in [0.15, 0.2) is 42.6 Å². The van der Waals surface area contributed by atoms with E-state index in [9.17, 15) is 9.59 Å². The van der Waals surface area contributed by atoms with Gasteiger partial charge in [-0.05, 0) is 56.0 Å². The summed E-state index contributed by atoms with van der Waals surface area (Å²) in [7, 11) is 0. The fourth-order valence-corrected chi connectivity index (χ4v) is 4.54. The predicted molar refractivity (Wildman–Crippen MR) is 114 cm³/mol. The minimum atomic E-state index is -0.756. The van der Waals surface area contributed by atoms with Crippen LogP contribution in [0.1, 0.15) is 48.2 Å². The van der Waals surface area contributed by atoms with Gasteiger partial charge in [0.15, 0.2) is 0 Å². The highest BCUT2D eigenvalue weighted by atomic mass is 35.5. The third-order valence-corrected chi connectivity index (χ3v) is 6.49. The second-order valence-corrected chi connectivity index (χ2v) is 8.49. The summed E-state index contributed by atoms with van der Waals surface area (Å²) in [5.74, 6) is -0.525. The van der Waals surface area contributed by atoms with Gasteiger partial charge in [-0.1, -0.05) is 35.7 Å². The molecule has 1 spiro atoms. The van der Waals surface area contributed by atoms with Crippen molar-refractivity contribution in [2.75, 3.05) is 6.61 Å². The molecule has 1 saturated heterocycles. The molecule has 4 rings (SSSR count). The van der Waals surface area contributed by atoms with E-state index < -0.39 is 11.8 Å². The van der Waals surface area contributed by atoms with Gasteiger partial charge in [-0.3, -0.25) is 19.5 Å². The molecule has 1 saturated carbocycles. The lowest BCUT2D eigenvalue weighted by Crippen LogP contribution is -2.56.